The van der Waals surface area contributed by atoms with E-state index >= 15 is 0 Å². The number of carbonyl (C=O) groups is 1. The number of esters is 1. The third-order valence-corrected chi connectivity index (χ3v) is 2.29. The first-order chi connectivity index (χ1) is 7.48. The fourth-order valence-corrected chi connectivity index (χ4v) is 1.68. The van der Waals surface area contributed by atoms with E-state index in [-0.39, 0.29) is 18.2 Å². The molecular weight excluding hydrogens is 208 g/mol. The van der Waals surface area contributed by atoms with Crippen LogP contribution >= 0.6 is 0 Å². The minimum Gasteiger partial charge on any atom is -0.466 e. The summed E-state index contributed by atoms with van der Waals surface area (Å²) in [5.41, 5.74) is 0. The first-order valence-electron chi connectivity index (χ1n) is 5.46. The Morgan fingerprint density at radius 3 is 2.75 bits per heavy atom. The average molecular weight is 226 g/mol. The van der Waals surface area contributed by atoms with E-state index in [1.165, 1.54) is 0 Å². The predicted octanol–water partition coefficient (Wildman–Crippen LogP) is 1.48. The van der Waals surface area contributed by atoms with E-state index in [9.17, 15) is 4.79 Å². The van der Waals surface area contributed by atoms with Crippen LogP contribution in [0.2, 0.25) is 0 Å². The van der Waals surface area contributed by atoms with Gasteiger partial charge < -0.3 is 14.2 Å². The van der Waals surface area contributed by atoms with E-state index in [2.05, 4.69) is 5.92 Å². The van der Waals surface area contributed by atoms with Gasteiger partial charge >= 0.3 is 5.97 Å². The van der Waals surface area contributed by atoms with Crippen LogP contribution in [0.1, 0.15) is 33.6 Å². The molecule has 0 aliphatic carbocycles. The van der Waals surface area contributed by atoms with Gasteiger partial charge in [0.1, 0.15) is 6.10 Å². The Kier molecular flexibility index (Phi) is 4.34. The normalized spacial score (nSPS) is 27.4. The van der Waals surface area contributed by atoms with Gasteiger partial charge in [-0.2, -0.15) is 0 Å². The van der Waals surface area contributed by atoms with Gasteiger partial charge in [-0.15, -0.1) is 6.42 Å². The van der Waals surface area contributed by atoms with Gasteiger partial charge in [-0.1, -0.05) is 5.92 Å². The van der Waals surface area contributed by atoms with E-state index < -0.39 is 5.79 Å². The molecule has 0 radical (unpaired) electrons. The molecule has 0 spiro atoms. The monoisotopic (exact) mass is 226 g/mol. The highest BCUT2D eigenvalue weighted by molar-refractivity contribution is 5.69. The Labute approximate surface area is 96.2 Å². The van der Waals surface area contributed by atoms with Crippen LogP contribution in [-0.2, 0) is 19.0 Å². The summed E-state index contributed by atoms with van der Waals surface area (Å²) in [6.07, 6.45) is 5.55. The summed E-state index contributed by atoms with van der Waals surface area (Å²) in [7, 11) is 0. The molecule has 1 heterocycles. The fourth-order valence-electron chi connectivity index (χ4n) is 1.68. The third kappa shape index (κ3) is 3.51. The van der Waals surface area contributed by atoms with Crippen LogP contribution in [-0.4, -0.2) is 30.6 Å². The predicted molar refractivity (Wildman–Crippen MR) is 58.5 cm³/mol. The van der Waals surface area contributed by atoms with Crippen molar-refractivity contribution in [3.63, 3.8) is 0 Å². The minimum atomic E-state index is -0.670. The molecule has 4 heteroatoms. The van der Waals surface area contributed by atoms with Crippen LogP contribution in [0.4, 0.5) is 0 Å². The zero-order valence-electron chi connectivity index (χ0n) is 9.99. The van der Waals surface area contributed by atoms with Gasteiger partial charge in [0.25, 0.3) is 0 Å². The molecule has 1 aliphatic rings. The van der Waals surface area contributed by atoms with Crippen LogP contribution in [0.5, 0.6) is 0 Å². The number of terminal acetylenes is 1. The maximum atomic E-state index is 11.2. The van der Waals surface area contributed by atoms with Gasteiger partial charge in [0, 0.05) is 6.42 Å². The Morgan fingerprint density at radius 2 is 2.19 bits per heavy atom. The van der Waals surface area contributed by atoms with Crippen molar-refractivity contribution in [2.45, 2.75) is 51.6 Å². The first-order valence-corrected chi connectivity index (χ1v) is 5.46. The van der Waals surface area contributed by atoms with Crippen molar-refractivity contribution in [3.8, 4) is 12.3 Å². The highest BCUT2D eigenvalue weighted by Gasteiger charge is 2.40. The van der Waals surface area contributed by atoms with Crippen molar-refractivity contribution < 1.29 is 19.0 Å². The van der Waals surface area contributed by atoms with Crippen LogP contribution in [0.3, 0.4) is 0 Å². The van der Waals surface area contributed by atoms with Crippen molar-refractivity contribution in [1.29, 1.82) is 0 Å². The van der Waals surface area contributed by atoms with Crippen LogP contribution in [0.25, 0.3) is 0 Å². The van der Waals surface area contributed by atoms with E-state index in [1.807, 2.05) is 13.8 Å². The van der Waals surface area contributed by atoms with Crippen molar-refractivity contribution in [2.75, 3.05) is 6.61 Å². The van der Waals surface area contributed by atoms with Gasteiger partial charge in [-0.25, -0.2) is 0 Å². The number of ether oxygens (including phenoxy) is 3. The van der Waals surface area contributed by atoms with Gasteiger partial charge in [0.2, 0.25) is 0 Å². The van der Waals surface area contributed by atoms with Crippen molar-refractivity contribution >= 4 is 5.97 Å². The summed E-state index contributed by atoms with van der Waals surface area (Å²) in [6.45, 7) is 5.79. The standard InChI is InChI=1S/C12H18O4/c1-5-9-10(16-12(3,4)15-9)7-8-11(13)14-6-2/h1,9-10H,6-8H2,2-4H3/t9-,10-/m1/s1. The molecule has 0 saturated carbocycles. The SMILES string of the molecule is C#C[C@H]1OC(C)(C)O[C@@H]1CCC(=O)OCC. The highest BCUT2D eigenvalue weighted by atomic mass is 16.7. The number of carbonyl (C=O) groups excluding carboxylic acids is 1. The Balaban J connectivity index is 2.42. The van der Waals surface area contributed by atoms with Gasteiger partial charge in [0.05, 0.1) is 12.7 Å². The lowest BCUT2D eigenvalue weighted by Gasteiger charge is -2.16. The second-order valence-corrected chi connectivity index (χ2v) is 4.10. The molecule has 1 saturated heterocycles. The van der Waals surface area contributed by atoms with E-state index in [4.69, 9.17) is 20.6 Å². The zero-order valence-corrected chi connectivity index (χ0v) is 9.99. The maximum Gasteiger partial charge on any atom is 0.305 e. The lowest BCUT2D eigenvalue weighted by atomic mass is 10.1. The maximum absolute atomic E-state index is 11.2. The largest absolute Gasteiger partial charge is 0.466 e. The van der Waals surface area contributed by atoms with Crippen molar-refractivity contribution in [1.82, 2.24) is 0 Å². The van der Waals surface area contributed by atoms with Crippen LogP contribution in [0, 0.1) is 12.3 Å². The molecular formula is C12H18O4. The van der Waals surface area contributed by atoms with E-state index in [0.717, 1.165) is 0 Å². The van der Waals surface area contributed by atoms with E-state index in [0.29, 0.717) is 19.4 Å². The smallest absolute Gasteiger partial charge is 0.305 e. The van der Waals surface area contributed by atoms with Crippen LogP contribution < -0.4 is 0 Å². The summed E-state index contributed by atoms with van der Waals surface area (Å²) in [4.78, 5) is 11.2. The molecule has 0 amide bonds. The van der Waals surface area contributed by atoms with Gasteiger partial charge in [0.15, 0.2) is 5.79 Å². The summed E-state index contributed by atoms with van der Waals surface area (Å²) in [5, 5.41) is 0. The topological polar surface area (TPSA) is 44.8 Å². The van der Waals surface area contributed by atoms with Gasteiger partial charge in [-0.05, 0) is 27.2 Å². The minimum absolute atomic E-state index is 0.230. The molecule has 4 nitrogen and oxygen atoms in total. The molecule has 0 unspecified atom stereocenters. The zero-order chi connectivity index (χ0) is 12.2. The third-order valence-electron chi connectivity index (χ3n) is 2.29. The lowest BCUT2D eigenvalue weighted by Crippen LogP contribution is -2.22. The highest BCUT2D eigenvalue weighted by Crippen LogP contribution is 2.30. The molecule has 16 heavy (non-hydrogen) atoms. The van der Waals surface area contributed by atoms with Gasteiger partial charge in [-0.3, -0.25) is 4.79 Å². The van der Waals surface area contributed by atoms with Crippen molar-refractivity contribution in [3.05, 3.63) is 0 Å². The molecule has 0 N–H and O–H groups in total. The van der Waals surface area contributed by atoms with Crippen molar-refractivity contribution in [2.24, 2.45) is 0 Å². The molecule has 0 aromatic rings. The average Bonchev–Trinajstić information content (AvgIpc) is 2.51. The second kappa shape index (κ2) is 5.33. The molecule has 0 aromatic carbocycles. The quantitative estimate of drug-likeness (QED) is 0.538. The Bertz CT molecular complexity index is 290. The molecule has 1 aliphatic heterocycles. The molecule has 1 rings (SSSR count). The summed E-state index contributed by atoms with van der Waals surface area (Å²) in [6, 6.07) is 0. The molecule has 0 aromatic heterocycles. The molecule has 90 valence electrons. The summed E-state index contributed by atoms with van der Waals surface area (Å²) >= 11 is 0. The number of rotatable bonds is 4. The molecule has 2 atom stereocenters. The summed E-state index contributed by atoms with van der Waals surface area (Å²) < 4.78 is 15.9. The van der Waals surface area contributed by atoms with Crippen LogP contribution in [0.15, 0.2) is 0 Å². The lowest BCUT2D eigenvalue weighted by molar-refractivity contribution is -0.149. The second-order valence-electron chi connectivity index (χ2n) is 4.10. The Morgan fingerprint density at radius 1 is 1.50 bits per heavy atom. The fraction of sp³-hybridized carbons (Fsp3) is 0.750. The summed E-state index contributed by atoms with van der Waals surface area (Å²) in [5.74, 6) is 1.63. The Hall–Kier alpha value is -1.05. The number of hydrogen-bond acceptors (Lipinski definition) is 4. The number of hydrogen-bond donors (Lipinski definition) is 0. The molecule has 0 bridgehead atoms. The molecule has 1 fully saturated rings. The first kappa shape index (κ1) is 13.0. The van der Waals surface area contributed by atoms with E-state index in [1.54, 1.807) is 6.92 Å².